The van der Waals surface area contributed by atoms with E-state index in [1.165, 1.54) is 36.0 Å². The molecule has 0 bridgehead atoms. The van der Waals surface area contributed by atoms with Crippen LogP contribution >= 0.6 is 11.8 Å². The van der Waals surface area contributed by atoms with E-state index < -0.39 is 47.9 Å². The van der Waals surface area contributed by atoms with Gasteiger partial charge in [0.25, 0.3) is 0 Å². The number of amides is 3. The summed E-state index contributed by atoms with van der Waals surface area (Å²) in [6, 6.07) is 8.11. The molecule has 3 amide bonds. The van der Waals surface area contributed by atoms with E-state index in [2.05, 4.69) is 16.0 Å². The Labute approximate surface area is 244 Å². The van der Waals surface area contributed by atoms with Crippen molar-refractivity contribution in [3.05, 3.63) is 59.7 Å². The van der Waals surface area contributed by atoms with Crippen molar-refractivity contribution in [3.63, 3.8) is 0 Å². The van der Waals surface area contributed by atoms with E-state index in [1.54, 1.807) is 31.2 Å². The van der Waals surface area contributed by atoms with Crippen LogP contribution in [0.2, 0.25) is 0 Å². The van der Waals surface area contributed by atoms with Gasteiger partial charge in [-0.15, -0.1) is 0 Å². The summed E-state index contributed by atoms with van der Waals surface area (Å²) in [6.07, 6.45) is 2.82. The Morgan fingerprint density at radius 1 is 0.805 bits per heavy atom. The molecule has 0 radical (unpaired) electrons. The number of benzene rings is 2. The number of hydrogen-bond acceptors (Lipinski definition) is 8. The molecule has 0 aromatic heterocycles. The second-order valence-electron chi connectivity index (χ2n) is 9.96. The number of aromatic hydroxyl groups is 2. The number of carboxylic acids is 1. The van der Waals surface area contributed by atoms with Gasteiger partial charge in [0.2, 0.25) is 17.7 Å². The predicted molar refractivity (Wildman–Crippen MR) is 157 cm³/mol. The lowest BCUT2D eigenvalue weighted by Gasteiger charge is -2.26. The Hall–Kier alpha value is -3.77. The summed E-state index contributed by atoms with van der Waals surface area (Å²) in [7, 11) is 0. The molecule has 2 aromatic carbocycles. The highest BCUT2D eigenvalue weighted by atomic mass is 32.2. The molecule has 0 aliphatic heterocycles. The molecule has 5 atom stereocenters. The maximum Gasteiger partial charge on any atom is 0.326 e. The van der Waals surface area contributed by atoms with Gasteiger partial charge in [-0.1, -0.05) is 44.5 Å². The normalized spacial score (nSPS) is 14.6. The molecule has 2 aromatic rings. The zero-order chi connectivity index (χ0) is 30.5. The Morgan fingerprint density at radius 3 is 1.78 bits per heavy atom. The Kier molecular flexibility index (Phi) is 13.4. The van der Waals surface area contributed by atoms with Crippen LogP contribution in [0.4, 0.5) is 0 Å². The highest BCUT2D eigenvalue weighted by Crippen LogP contribution is 2.14. The fraction of sp³-hybridized carbons (Fsp3) is 0.448. The minimum atomic E-state index is -1.16. The van der Waals surface area contributed by atoms with E-state index in [4.69, 9.17) is 5.73 Å². The van der Waals surface area contributed by atoms with E-state index in [0.717, 1.165) is 0 Å². The minimum Gasteiger partial charge on any atom is -0.508 e. The summed E-state index contributed by atoms with van der Waals surface area (Å²) >= 11 is 1.47. The highest BCUT2D eigenvalue weighted by Gasteiger charge is 2.32. The van der Waals surface area contributed by atoms with Crippen molar-refractivity contribution >= 4 is 35.5 Å². The highest BCUT2D eigenvalue weighted by molar-refractivity contribution is 7.98. The van der Waals surface area contributed by atoms with Crippen LogP contribution in [-0.2, 0) is 32.0 Å². The lowest BCUT2D eigenvalue weighted by atomic mass is 9.98. The summed E-state index contributed by atoms with van der Waals surface area (Å²) in [5.41, 5.74) is 7.48. The van der Waals surface area contributed by atoms with Crippen molar-refractivity contribution in [2.24, 2.45) is 11.7 Å². The molecule has 5 unspecified atom stereocenters. The Morgan fingerprint density at radius 2 is 1.29 bits per heavy atom. The first kappa shape index (κ1) is 33.4. The van der Waals surface area contributed by atoms with Crippen molar-refractivity contribution in [1.29, 1.82) is 0 Å². The Balaban J connectivity index is 2.24. The second kappa shape index (κ2) is 16.5. The van der Waals surface area contributed by atoms with Crippen LogP contribution in [-0.4, -0.2) is 75.2 Å². The van der Waals surface area contributed by atoms with Crippen molar-refractivity contribution in [2.75, 3.05) is 12.0 Å². The number of carbonyl (C=O) groups is 4. The van der Waals surface area contributed by atoms with Crippen molar-refractivity contribution in [1.82, 2.24) is 16.0 Å². The average molecular weight is 589 g/mol. The topological polar surface area (TPSA) is 191 Å². The monoisotopic (exact) mass is 588 g/mol. The summed E-state index contributed by atoms with van der Waals surface area (Å²) in [4.78, 5) is 51.5. The number of carbonyl (C=O) groups excluding carboxylic acids is 3. The average Bonchev–Trinajstić information content (AvgIpc) is 2.94. The number of phenolic OH excluding ortho intramolecular Hbond substituents is 2. The fourth-order valence-corrected chi connectivity index (χ4v) is 4.52. The Bertz CT molecular complexity index is 1160. The lowest BCUT2D eigenvalue weighted by Crippen LogP contribution is -2.58. The van der Waals surface area contributed by atoms with Crippen LogP contribution < -0.4 is 21.7 Å². The number of aliphatic carboxylic acids is 1. The van der Waals surface area contributed by atoms with Crippen molar-refractivity contribution in [3.8, 4) is 11.5 Å². The predicted octanol–water partition coefficient (Wildman–Crippen LogP) is 1.55. The van der Waals surface area contributed by atoms with Gasteiger partial charge in [0.1, 0.15) is 29.6 Å². The number of thioether (sulfide) groups is 1. The summed E-state index contributed by atoms with van der Waals surface area (Å²) in [5, 5.41) is 36.7. The molecule has 0 spiro atoms. The number of nitrogens with one attached hydrogen (secondary N) is 3. The molecule has 12 heteroatoms. The second-order valence-corrected chi connectivity index (χ2v) is 10.9. The number of phenols is 2. The van der Waals surface area contributed by atoms with Gasteiger partial charge in [0.05, 0.1) is 6.04 Å². The van der Waals surface area contributed by atoms with E-state index in [9.17, 15) is 34.5 Å². The molecule has 8 N–H and O–H groups in total. The molecular weight excluding hydrogens is 548 g/mol. The standard InChI is InChI=1S/C29H40N4O7S/c1-4-17(2)25(29(39)40)33-27(37)23(13-14-41-3)31-28(38)24(16-19-7-11-21(35)12-8-19)32-26(36)22(30)15-18-5-9-20(34)10-6-18/h5-12,17,22-25,34-35H,4,13-16,30H2,1-3H3,(H,31,38)(H,32,36)(H,33,37)(H,39,40). The van der Waals surface area contributed by atoms with E-state index in [-0.39, 0.29) is 36.7 Å². The lowest BCUT2D eigenvalue weighted by molar-refractivity contribution is -0.143. The largest absolute Gasteiger partial charge is 0.508 e. The number of hydrogen-bond donors (Lipinski definition) is 7. The molecule has 0 aliphatic carbocycles. The third-order valence-electron chi connectivity index (χ3n) is 6.76. The molecule has 0 heterocycles. The van der Waals surface area contributed by atoms with Crippen LogP contribution in [0.25, 0.3) is 0 Å². The molecule has 41 heavy (non-hydrogen) atoms. The zero-order valence-corrected chi connectivity index (χ0v) is 24.3. The first-order chi connectivity index (χ1) is 19.4. The molecular formula is C29H40N4O7S. The third-order valence-corrected chi connectivity index (χ3v) is 7.40. The summed E-state index contributed by atoms with van der Waals surface area (Å²) < 4.78 is 0. The van der Waals surface area contributed by atoms with Crippen LogP contribution in [0, 0.1) is 5.92 Å². The zero-order valence-electron chi connectivity index (χ0n) is 23.5. The van der Waals surface area contributed by atoms with Crippen LogP contribution in [0.5, 0.6) is 11.5 Å². The quantitative estimate of drug-likeness (QED) is 0.152. The SMILES string of the molecule is CCC(C)C(NC(=O)C(CCSC)NC(=O)C(Cc1ccc(O)cc1)NC(=O)C(N)Cc1ccc(O)cc1)C(=O)O. The summed E-state index contributed by atoms with van der Waals surface area (Å²) in [5.74, 6) is -2.71. The van der Waals surface area contributed by atoms with E-state index in [1.807, 2.05) is 13.2 Å². The maximum absolute atomic E-state index is 13.5. The fourth-order valence-electron chi connectivity index (χ4n) is 4.05. The van der Waals surface area contributed by atoms with Gasteiger partial charge in [0, 0.05) is 6.42 Å². The number of nitrogens with two attached hydrogens (primary N) is 1. The van der Waals surface area contributed by atoms with E-state index in [0.29, 0.717) is 23.3 Å². The molecule has 224 valence electrons. The van der Waals surface area contributed by atoms with Gasteiger partial charge in [-0.25, -0.2) is 4.79 Å². The van der Waals surface area contributed by atoms with Gasteiger partial charge in [0.15, 0.2) is 0 Å². The van der Waals surface area contributed by atoms with Gasteiger partial charge >= 0.3 is 5.97 Å². The first-order valence-electron chi connectivity index (χ1n) is 13.4. The van der Waals surface area contributed by atoms with E-state index >= 15 is 0 Å². The van der Waals surface area contributed by atoms with Crippen LogP contribution in [0.15, 0.2) is 48.5 Å². The van der Waals surface area contributed by atoms with Crippen molar-refractivity contribution < 1.29 is 34.5 Å². The van der Waals surface area contributed by atoms with Gasteiger partial charge < -0.3 is 37.0 Å². The van der Waals surface area contributed by atoms with Crippen LogP contribution in [0.3, 0.4) is 0 Å². The molecule has 11 nitrogen and oxygen atoms in total. The van der Waals surface area contributed by atoms with Gasteiger partial charge in [-0.2, -0.15) is 11.8 Å². The molecule has 2 rings (SSSR count). The van der Waals surface area contributed by atoms with Gasteiger partial charge in [-0.05, 0) is 66.2 Å². The molecule has 0 fully saturated rings. The number of rotatable bonds is 16. The molecule has 0 saturated carbocycles. The first-order valence-corrected chi connectivity index (χ1v) is 14.8. The molecule has 0 saturated heterocycles. The summed E-state index contributed by atoms with van der Waals surface area (Å²) in [6.45, 7) is 3.54. The van der Waals surface area contributed by atoms with Crippen LogP contribution in [0.1, 0.15) is 37.8 Å². The molecule has 0 aliphatic rings. The smallest absolute Gasteiger partial charge is 0.326 e. The van der Waals surface area contributed by atoms with Gasteiger partial charge in [-0.3, -0.25) is 14.4 Å². The minimum absolute atomic E-state index is 0.0396. The maximum atomic E-state index is 13.5. The third kappa shape index (κ3) is 11.0. The van der Waals surface area contributed by atoms with Crippen molar-refractivity contribution in [2.45, 2.75) is 63.7 Å². The number of carboxylic acid groups (broad SMARTS) is 1.